The van der Waals surface area contributed by atoms with E-state index in [1.807, 2.05) is 54.2 Å². The van der Waals surface area contributed by atoms with Crippen LogP contribution in [0.15, 0.2) is 72.0 Å². The molecule has 3 aromatic carbocycles. The minimum Gasteiger partial charge on any atom is -0.508 e. The number of carbonyl (C=O) groups excluding carboxylic acids is 1. The van der Waals surface area contributed by atoms with Crippen LogP contribution >= 0.6 is 0 Å². The Morgan fingerprint density at radius 1 is 1.10 bits per heavy atom. The summed E-state index contributed by atoms with van der Waals surface area (Å²) in [4.78, 5) is 26.6. The van der Waals surface area contributed by atoms with Gasteiger partial charge in [0.05, 0.1) is 16.9 Å². The summed E-state index contributed by atoms with van der Waals surface area (Å²) >= 11 is 0. The number of aromatic hydroxyl groups is 1. The van der Waals surface area contributed by atoms with E-state index in [1.54, 1.807) is 21.7 Å². The van der Waals surface area contributed by atoms with Crippen molar-refractivity contribution in [3.05, 3.63) is 77.6 Å². The number of carbonyl (C=O) groups is 1. The lowest BCUT2D eigenvalue weighted by Crippen LogP contribution is -2.53. The molecule has 0 saturated carbocycles. The molecule has 5 rings (SSSR count). The van der Waals surface area contributed by atoms with Crippen molar-refractivity contribution in [2.24, 2.45) is 7.05 Å². The fourth-order valence-corrected chi connectivity index (χ4v) is 4.40. The van der Waals surface area contributed by atoms with Crippen molar-refractivity contribution in [3.8, 4) is 16.9 Å². The Morgan fingerprint density at radius 3 is 2.63 bits per heavy atom. The lowest BCUT2D eigenvalue weighted by molar-refractivity contribution is -0.131. The highest BCUT2D eigenvalue weighted by Gasteiger charge is 2.33. The topological polar surface area (TPSA) is 67.5 Å². The van der Waals surface area contributed by atoms with Crippen LogP contribution in [-0.2, 0) is 11.8 Å². The first kappa shape index (κ1) is 18.2. The summed E-state index contributed by atoms with van der Waals surface area (Å²) in [5.74, 6) is 0.0758. The smallest absolute Gasteiger partial charge is 0.274 e. The predicted molar refractivity (Wildman–Crippen MR) is 118 cm³/mol. The molecule has 6 heteroatoms. The Balaban J connectivity index is 1.62. The molecule has 6 nitrogen and oxygen atoms in total. The van der Waals surface area contributed by atoms with Gasteiger partial charge in [-0.05, 0) is 52.2 Å². The third kappa shape index (κ3) is 2.64. The molecule has 1 amide bonds. The first-order valence-corrected chi connectivity index (χ1v) is 9.82. The maximum atomic E-state index is 13.2. The van der Waals surface area contributed by atoms with E-state index in [-0.39, 0.29) is 23.3 Å². The maximum Gasteiger partial charge on any atom is 0.274 e. The van der Waals surface area contributed by atoms with Crippen LogP contribution in [0.2, 0.25) is 0 Å². The Kier molecular flexibility index (Phi) is 4.03. The van der Waals surface area contributed by atoms with Crippen LogP contribution in [0.3, 0.4) is 0 Å². The van der Waals surface area contributed by atoms with Crippen LogP contribution < -0.4 is 5.56 Å². The largest absolute Gasteiger partial charge is 0.508 e. The van der Waals surface area contributed by atoms with E-state index in [0.717, 1.165) is 27.4 Å². The van der Waals surface area contributed by atoms with Crippen molar-refractivity contribution < 1.29 is 9.90 Å². The molecule has 30 heavy (non-hydrogen) atoms. The molecule has 150 valence electrons. The zero-order valence-corrected chi connectivity index (χ0v) is 16.6. The third-order valence-electron chi connectivity index (χ3n) is 5.96. The van der Waals surface area contributed by atoms with Crippen molar-refractivity contribution in [1.82, 2.24) is 14.3 Å². The normalized spacial score (nSPS) is 14.2. The summed E-state index contributed by atoms with van der Waals surface area (Å²) < 4.78 is 3.59. The van der Waals surface area contributed by atoms with Gasteiger partial charge in [-0.3, -0.25) is 14.3 Å². The van der Waals surface area contributed by atoms with E-state index in [9.17, 15) is 14.7 Å². The molecule has 2 heterocycles. The van der Waals surface area contributed by atoms with Crippen molar-refractivity contribution in [3.63, 3.8) is 0 Å². The minimum atomic E-state index is -0.115. The lowest BCUT2D eigenvalue weighted by Gasteiger charge is -2.39. The summed E-state index contributed by atoms with van der Waals surface area (Å²) in [5, 5.41) is 12.8. The molecule has 1 saturated heterocycles. The van der Waals surface area contributed by atoms with Crippen molar-refractivity contribution in [1.29, 1.82) is 0 Å². The van der Waals surface area contributed by atoms with E-state index in [2.05, 4.69) is 6.58 Å². The molecule has 1 aromatic heterocycles. The number of amides is 1. The zero-order valence-electron chi connectivity index (χ0n) is 16.6. The van der Waals surface area contributed by atoms with Crippen LogP contribution in [0.25, 0.3) is 32.8 Å². The summed E-state index contributed by atoms with van der Waals surface area (Å²) in [5.41, 5.74) is 2.52. The molecular formula is C24H21N3O3. The molecule has 1 fully saturated rings. The highest BCUT2D eigenvalue weighted by molar-refractivity contribution is 5.99. The predicted octanol–water partition coefficient (Wildman–Crippen LogP) is 3.44. The van der Waals surface area contributed by atoms with Gasteiger partial charge in [-0.15, -0.1) is 0 Å². The molecular weight excluding hydrogens is 378 g/mol. The van der Waals surface area contributed by atoms with Crippen molar-refractivity contribution in [2.75, 3.05) is 13.1 Å². The second-order valence-electron chi connectivity index (χ2n) is 7.72. The van der Waals surface area contributed by atoms with Gasteiger partial charge in [-0.2, -0.15) is 0 Å². The number of rotatable bonds is 3. The first-order valence-electron chi connectivity index (χ1n) is 9.82. The highest BCUT2D eigenvalue weighted by Crippen LogP contribution is 2.34. The van der Waals surface area contributed by atoms with Crippen LogP contribution in [0.4, 0.5) is 0 Å². The molecule has 0 radical (unpaired) electrons. The van der Waals surface area contributed by atoms with Gasteiger partial charge >= 0.3 is 0 Å². The first-order chi connectivity index (χ1) is 14.5. The number of hydrogen-bond donors (Lipinski definition) is 1. The summed E-state index contributed by atoms with van der Waals surface area (Å²) in [6, 6.07) is 17.1. The number of fused-ring (bicyclic) bond motifs is 2. The Labute approximate surface area is 172 Å². The van der Waals surface area contributed by atoms with Crippen LogP contribution in [0, 0.1) is 0 Å². The van der Waals surface area contributed by atoms with E-state index in [0.29, 0.717) is 18.5 Å². The van der Waals surface area contributed by atoms with E-state index in [4.69, 9.17) is 0 Å². The second kappa shape index (κ2) is 6.62. The standard InChI is InChI=1S/C24H21N3O3/c1-3-23(29)26-13-17(14-26)27-24(30)21-11-16(8-9-22(21)25(27)2)20-12-18(28)10-15-6-4-5-7-19(15)20/h3-12,17,28H,1,13-14H2,2H3. The fourth-order valence-electron chi connectivity index (χ4n) is 4.40. The number of nitrogens with zero attached hydrogens (tertiary/aromatic N) is 3. The lowest BCUT2D eigenvalue weighted by atomic mass is 9.97. The van der Waals surface area contributed by atoms with Gasteiger partial charge in [0.25, 0.3) is 5.56 Å². The minimum absolute atomic E-state index is 0.0520. The number of phenols is 1. The van der Waals surface area contributed by atoms with Crippen LogP contribution in [-0.4, -0.2) is 38.4 Å². The molecule has 4 aromatic rings. The number of likely N-dealkylation sites (tertiary alicyclic amines) is 1. The molecule has 1 N–H and O–H groups in total. The molecule has 0 bridgehead atoms. The summed E-state index contributed by atoms with van der Waals surface area (Å²) in [7, 11) is 1.87. The van der Waals surface area contributed by atoms with Crippen molar-refractivity contribution in [2.45, 2.75) is 6.04 Å². The monoisotopic (exact) mass is 399 g/mol. The Bertz CT molecular complexity index is 1390. The average molecular weight is 399 g/mol. The van der Waals surface area contributed by atoms with Gasteiger partial charge in [-0.1, -0.05) is 36.9 Å². The quantitative estimate of drug-likeness (QED) is 0.537. The van der Waals surface area contributed by atoms with Gasteiger partial charge in [0, 0.05) is 20.1 Å². The number of benzene rings is 3. The molecule has 1 aliphatic heterocycles. The van der Waals surface area contributed by atoms with Gasteiger partial charge in [0.1, 0.15) is 5.75 Å². The number of aryl methyl sites for hydroxylation is 1. The van der Waals surface area contributed by atoms with Gasteiger partial charge in [0.2, 0.25) is 5.91 Å². The molecule has 0 spiro atoms. The number of phenolic OH excluding ortho intramolecular Hbond substituents is 1. The van der Waals surface area contributed by atoms with Gasteiger partial charge < -0.3 is 10.0 Å². The SMILES string of the molecule is C=CC(=O)N1CC(n2c(=O)c3cc(-c4cc(O)cc5ccccc45)ccc3n2C)C1. The van der Waals surface area contributed by atoms with E-state index in [1.165, 1.54) is 6.08 Å². The molecule has 1 aliphatic rings. The Morgan fingerprint density at radius 2 is 1.87 bits per heavy atom. The van der Waals surface area contributed by atoms with Gasteiger partial charge in [-0.25, -0.2) is 4.68 Å². The number of hydrogen-bond acceptors (Lipinski definition) is 3. The third-order valence-corrected chi connectivity index (χ3v) is 5.96. The Hall–Kier alpha value is -3.80. The van der Waals surface area contributed by atoms with Crippen molar-refractivity contribution >= 4 is 27.6 Å². The highest BCUT2D eigenvalue weighted by atomic mass is 16.3. The zero-order chi connectivity index (χ0) is 21.0. The van der Waals surface area contributed by atoms with E-state index >= 15 is 0 Å². The molecule has 0 atom stereocenters. The summed E-state index contributed by atoms with van der Waals surface area (Å²) in [6.07, 6.45) is 1.30. The molecule has 0 aliphatic carbocycles. The fraction of sp³-hybridized carbons (Fsp3) is 0.167. The maximum absolute atomic E-state index is 13.2. The molecule has 0 unspecified atom stereocenters. The van der Waals surface area contributed by atoms with Crippen LogP contribution in [0.1, 0.15) is 6.04 Å². The second-order valence-corrected chi connectivity index (χ2v) is 7.72. The average Bonchev–Trinajstić information content (AvgIpc) is 2.96. The van der Waals surface area contributed by atoms with E-state index < -0.39 is 0 Å². The van der Waals surface area contributed by atoms with Gasteiger partial charge in [0.15, 0.2) is 0 Å². The van der Waals surface area contributed by atoms with Crippen LogP contribution in [0.5, 0.6) is 5.75 Å². The summed E-state index contributed by atoms with van der Waals surface area (Å²) in [6.45, 7) is 4.51. The number of aromatic nitrogens is 2.